The molecule has 2 rings (SSSR count). The van der Waals surface area contributed by atoms with Crippen LogP contribution in [0.2, 0.25) is 0 Å². The van der Waals surface area contributed by atoms with Gasteiger partial charge in [-0.05, 0) is 25.1 Å². The van der Waals surface area contributed by atoms with Gasteiger partial charge in [0.05, 0.1) is 17.9 Å². The molecule has 4 nitrogen and oxygen atoms in total. The van der Waals surface area contributed by atoms with Gasteiger partial charge in [-0.1, -0.05) is 21.1 Å². The van der Waals surface area contributed by atoms with E-state index >= 15 is 0 Å². The number of rotatable bonds is 3. The number of hydrogen-bond acceptors (Lipinski definition) is 4. The highest BCUT2D eigenvalue weighted by Crippen LogP contribution is 2.27. The number of anilines is 2. The fourth-order valence-electron chi connectivity index (χ4n) is 1.67. The predicted octanol–water partition coefficient (Wildman–Crippen LogP) is 2.96. The molecule has 0 aliphatic carbocycles. The molecule has 0 aliphatic rings. The third kappa shape index (κ3) is 2.79. The van der Waals surface area contributed by atoms with Crippen LogP contribution in [0, 0.1) is 6.92 Å². The number of nitrogen functional groups attached to an aromatic ring is 1. The van der Waals surface area contributed by atoms with Crippen molar-refractivity contribution in [1.29, 1.82) is 0 Å². The van der Waals surface area contributed by atoms with Crippen molar-refractivity contribution in [2.24, 2.45) is 0 Å². The molecule has 0 fully saturated rings. The molecule has 0 aliphatic heterocycles. The average molecular weight is 296 g/mol. The van der Waals surface area contributed by atoms with E-state index in [-0.39, 0.29) is 0 Å². The Labute approximate surface area is 109 Å². The van der Waals surface area contributed by atoms with Crippen molar-refractivity contribution >= 4 is 27.3 Å². The van der Waals surface area contributed by atoms with E-state index < -0.39 is 0 Å². The molecule has 0 saturated carbocycles. The Kier molecular flexibility index (Phi) is 3.38. The van der Waals surface area contributed by atoms with Crippen LogP contribution < -0.4 is 10.6 Å². The molecule has 1 aromatic heterocycles. The minimum absolute atomic E-state index is 0.665. The lowest BCUT2D eigenvalue weighted by Crippen LogP contribution is -2.18. The van der Waals surface area contributed by atoms with Crippen molar-refractivity contribution in [2.45, 2.75) is 13.5 Å². The van der Waals surface area contributed by atoms with E-state index in [1.807, 2.05) is 43.1 Å². The summed E-state index contributed by atoms with van der Waals surface area (Å²) in [6, 6.07) is 7.71. The second-order valence-electron chi connectivity index (χ2n) is 3.99. The molecule has 0 unspecified atom stereocenters. The molecule has 0 amide bonds. The Balaban J connectivity index is 2.19. The fraction of sp³-hybridized carbons (Fsp3) is 0.250. The van der Waals surface area contributed by atoms with Gasteiger partial charge in [0.15, 0.2) is 0 Å². The van der Waals surface area contributed by atoms with Crippen LogP contribution in [0.15, 0.2) is 33.3 Å². The van der Waals surface area contributed by atoms with E-state index in [1.54, 1.807) is 0 Å². The molecule has 2 N–H and O–H groups in total. The van der Waals surface area contributed by atoms with Gasteiger partial charge in [0.1, 0.15) is 11.5 Å². The van der Waals surface area contributed by atoms with Gasteiger partial charge in [-0.15, -0.1) is 0 Å². The lowest BCUT2D eigenvalue weighted by Gasteiger charge is -2.20. The Morgan fingerprint density at radius 3 is 2.82 bits per heavy atom. The third-order valence-corrected chi connectivity index (χ3v) is 2.97. The zero-order chi connectivity index (χ0) is 12.4. The summed E-state index contributed by atoms with van der Waals surface area (Å²) in [6.07, 6.45) is 0. The van der Waals surface area contributed by atoms with Gasteiger partial charge in [0, 0.05) is 17.6 Å². The molecule has 0 bridgehead atoms. The molecular weight excluding hydrogens is 282 g/mol. The summed E-state index contributed by atoms with van der Waals surface area (Å²) in [5.41, 5.74) is 8.55. The van der Waals surface area contributed by atoms with E-state index in [2.05, 4.69) is 21.1 Å². The molecule has 1 heterocycles. The Hall–Kier alpha value is -1.49. The van der Waals surface area contributed by atoms with Gasteiger partial charge >= 0.3 is 0 Å². The molecular formula is C12H14BrN3O. The number of aromatic nitrogens is 1. The van der Waals surface area contributed by atoms with Crippen LogP contribution in [0.25, 0.3) is 0 Å². The van der Waals surface area contributed by atoms with Crippen molar-refractivity contribution in [3.05, 3.63) is 40.2 Å². The van der Waals surface area contributed by atoms with Gasteiger partial charge in [-0.2, -0.15) is 0 Å². The van der Waals surface area contributed by atoms with E-state index in [9.17, 15) is 0 Å². The predicted molar refractivity (Wildman–Crippen MR) is 71.9 cm³/mol. The molecule has 0 radical (unpaired) electrons. The Morgan fingerprint density at radius 2 is 2.18 bits per heavy atom. The monoisotopic (exact) mass is 295 g/mol. The SMILES string of the molecule is Cc1cc(CN(C)c2cc(Br)ccc2N)no1. The minimum atomic E-state index is 0.665. The zero-order valence-corrected chi connectivity index (χ0v) is 11.4. The first kappa shape index (κ1) is 12.0. The number of benzene rings is 1. The zero-order valence-electron chi connectivity index (χ0n) is 9.77. The maximum Gasteiger partial charge on any atom is 0.133 e. The van der Waals surface area contributed by atoms with E-state index in [4.69, 9.17) is 10.3 Å². The lowest BCUT2D eigenvalue weighted by atomic mass is 10.2. The number of aryl methyl sites for hydroxylation is 1. The summed E-state index contributed by atoms with van der Waals surface area (Å²) >= 11 is 3.44. The average Bonchev–Trinajstić information content (AvgIpc) is 2.67. The minimum Gasteiger partial charge on any atom is -0.397 e. The summed E-state index contributed by atoms with van der Waals surface area (Å²) in [7, 11) is 1.97. The van der Waals surface area contributed by atoms with Crippen molar-refractivity contribution in [2.75, 3.05) is 17.7 Å². The van der Waals surface area contributed by atoms with Crippen LogP contribution in [0.1, 0.15) is 11.5 Å². The highest BCUT2D eigenvalue weighted by molar-refractivity contribution is 9.10. The summed E-state index contributed by atoms with van der Waals surface area (Å²) in [6.45, 7) is 2.54. The number of hydrogen-bond donors (Lipinski definition) is 1. The molecule has 0 spiro atoms. The molecule has 0 saturated heterocycles. The number of nitrogens with zero attached hydrogens (tertiary/aromatic N) is 2. The van der Waals surface area contributed by atoms with E-state index in [0.717, 1.165) is 27.3 Å². The van der Waals surface area contributed by atoms with Crippen molar-refractivity contribution < 1.29 is 4.52 Å². The van der Waals surface area contributed by atoms with Crippen LogP contribution >= 0.6 is 15.9 Å². The normalized spacial score (nSPS) is 10.5. The molecule has 90 valence electrons. The van der Waals surface area contributed by atoms with Gasteiger partial charge in [-0.25, -0.2) is 0 Å². The highest BCUT2D eigenvalue weighted by Gasteiger charge is 2.09. The van der Waals surface area contributed by atoms with E-state index in [0.29, 0.717) is 6.54 Å². The topological polar surface area (TPSA) is 55.3 Å². The molecule has 2 aromatic rings. The lowest BCUT2D eigenvalue weighted by molar-refractivity contribution is 0.390. The summed E-state index contributed by atoms with van der Waals surface area (Å²) in [5, 5.41) is 3.96. The van der Waals surface area contributed by atoms with Crippen LogP contribution in [-0.2, 0) is 6.54 Å². The summed E-state index contributed by atoms with van der Waals surface area (Å²) < 4.78 is 6.04. The highest BCUT2D eigenvalue weighted by atomic mass is 79.9. The standard InChI is InChI=1S/C12H14BrN3O/c1-8-5-10(15-17-8)7-16(2)12-6-9(13)3-4-11(12)14/h3-6H,7,14H2,1-2H3. The summed E-state index contributed by atoms with van der Waals surface area (Å²) in [4.78, 5) is 2.04. The third-order valence-electron chi connectivity index (χ3n) is 2.48. The van der Waals surface area contributed by atoms with Crippen molar-refractivity contribution in [3.63, 3.8) is 0 Å². The molecule has 17 heavy (non-hydrogen) atoms. The Morgan fingerprint density at radius 1 is 1.41 bits per heavy atom. The smallest absolute Gasteiger partial charge is 0.133 e. The van der Waals surface area contributed by atoms with Crippen molar-refractivity contribution in [3.8, 4) is 0 Å². The maximum absolute atomic E-state index is 5.94. The van der Waals surface area contributed by atoms with Crippen LogP contribution in [0.5, 0.6) is 0 Å². The first-order chi connectivity index (χ1) is 8.06. The molecule has 1 aromatic carbocycles. The first-order valence-corrected chi connectivity index (χ1v) is 6.04. The van der Waals surface area contributed by atoms with Crippen LogP contribution in [0.4, 0.5) is 11.4 Å². The largest absolute Gasteiger partial charge is 0.397 e. The van der Waals surface area contributed by atoms with Gasteiger partial charge < -0.3 is 15.2 Å². The molecule has 5 heteroatoms. The van der Waals surface area contributed by atoms with Gasteiger partial charge in [0.2, 0.25) is 0 Å². The van der Waals surface area contributed by atoms with E-state index in [1.165, 1.54) is 0 Å². The number of nitrogens with two attached hydrogens (primary N) is 1. The van der Waals surface area contributed by atoms with Crippen molar-refractivity contribution in [1.82, 2.24) is 5.16 Å². The summed E-state index contributed by atoms with van der Waals surface area (Å²) in [5.74, 6) is 0.815. The number of halogens is 1. The van der Waals surface area contributed by atoms with Gasteiger partial charge in [0.25, 0.3) is 0 Å². The Bertz CT molecular complexity index is 524. The second-order valence-corrected chi connectivity index (χ2v) is 4.90. The van der Waals surface area contributed by atoms with Crippen LogP contribution in [0.3, 0.4) is 0 Å². The maximum atomic E-state index is 5.94. The first-order valence-electron chi connectivity index (χ1n) is 5.24. The quantitative estimate of drug-likeness (QED) is 0.885. The van der Waals surface area contributed by atoms with Crippen LogP contribution in [-0.4, -0.2) is 12.2 Å². The van der Waals surface area contributed by atoms with Gasteiger partial charge in [-0.3, -0.25) is 0 Å². The second kappa shape index (κ2) is 4.79. The fourth-order valence-corrected chi connectivity index (χ4v) is 2.02. The molecule has 0 atom stereocenters.